The number of rotatable bonds is 3. The maximum absolute atomic E-state index is 12.6. The molecule has 2 amide bonds. The molecular formula is C16H23N3O3. The van der Waals surface area contributed by atoms with Gasteiger partial charge in [-0.25, -0.2) is 0 Å². The Morgan fingerprint density at radius 1 is 1.18 bits per heavy atom. The normalized spacial score (nSPS) is 15.7. The third-order valence-corrected chi connectivity index (χ3v) is 4.40. The third-order valence-electron chi connectivity index (χ3n) is 4.40. The van der Waals surface area contributed by atoms with Crippen LogP contribution in [0.3, 0.4) is 0 Å². The van der Waals surface area contributed by atoms with Crippen LogP contribution in [0.1, 0.15) is 51.9 Å². The number of carbonyl (C=O) groups is 3. The lowest BCUT2D eigenvalue weighted by molar-refractivity contribution is -0.125. The van der Waals surface area contributed by atoms with Crippen molar-refractivity contribution >= 4 is 17.6 Å². The Kier molecular flexibility index (Phi) is 4.68. The molecule has 0 aromatic carbocycles. The summed E-state index contributed by atoms with van der Waals surface area (Å²) in [5.41, 5.74) is 2.53. The van der Waals surface area contributed by atoms with Crippen LogP contribution in [0, 0.1) is 19.8 Å². The number of H-pyrrole nitrogens is 1. The molecule has 0 saturated carbocycles. The molecular weight excluding hydrogens is 282 g/mol. The van der Waals surface area contributed by atoms with Gasteiger partial charge in [-0.2, -0.15) is 0 Å². The lowest BCUT2D eigenvalue weighted by Gasteiger charge is -2.31. The number of carbonyl (C=O) groups excluding carboxylic acids is 3. The van der Waals surface area contributed by atoms with Crippen LogP contribution in [0.25, 0.3) is 0 Å². The average Bonchev–Trinajstić information content (AvgIpc) is 2.80. The van der Waals surface area contributed by atoms with Gasteiger partial charge >= 0.3 is 0 Å². The van der Waals surface area contributed by atoms with Crippen molar-refractivity contribution in [3.8, 4) is 0 Å². The van der Waals surface area contributed by atoms with Crippen molar-refractivity contribution in [2.75, 3.05) is 20.1 Å². The monoisotopic (exact) mass is 305 g/mol. The quantitative estimate of drug-likeness (QED) is 0.829. The Hall–Kier alpha value is -2.11. The molecule has 6 heteroatoms. The lowest BCUT2D eigenvalue weighted by Crippen LogP contribution is -2.42. The van der Waals surface area contributed by atoms with E-state index in [0.717, 1.165) is 5.69 Å². The molecule has 0 bridgehead atoms. The highest BCUT2D eigenvalue weighted by Crippen LogP contribution is 2.23. The Morgan fingerprint density at radius 2 is 1.77 bits per heavy atom. The Balaban J connectivity index is 2.12. The summed E-state index contributed by atoms with van der Waals surface area (Å²) in [7, 11) is 1.63. The third kappa shape index (κ3) is 2.91. The second-order valence-corrected chi connectivity index (χ2v) is 5.86. The number of piperidine rings is 1. The van der Waals surface area contributed by atoms with Gasteiger partial charge in [-0.15, -0.1) is 0 Å². The molecule has 0 aliphatic carbocycles. The molecule has 0 spiro atoms. The van der Waals surface area contributed by atoms with Crippen molar-refractivity contribution in [2.45, 2.75) is 33.6 Å². The molecule has 1 saturated heterocycles. The summed E-state index contributed by atoms with van der Waals surface area (Å²) in [4.78, 5) is 40.7. The van der Waals surface area contributed by atoms with Gasteiger partial charge in [0.05, 0.1) is 0 Å². The number of ketones is 1. The van der Waals surface area contributed by atoms with Gasteiger partial charge in [-0.3, -0.25) is 14.4 Å². The summed E-state index contributed by atoms with van der Waals surface area (Å²) >= 11 is 0. The van der Waals surface area contributed by atoms with Crippen LogP contribution in [0.5, 0.6) is 0 Å². The number of aromatic nitrogens is 1. The van der Waals surface area contributed by atoms with E-state index in [4.69, 9.17) is 0 Å². The van der Waals surface area contributed by atoms with E-state index in [1.54, 1.807) is 25.8 Å². The number of Topliss-reactive ketones (excluding diaryl/α,β-unsaturated/α-hetero) is 1. The molecule has 0 unspecified atom stereocenters. The van der Waals surface area contributed by atoms with Gasteiger partial charge in [0.2, 0.25) is 5.91 Å². The molecule has 1 aliphatic rings. The van der Waals surface area contributed by atoms with Crippen LogP contribution < -0.4 is 5.32 Å². The molecule has 2 heterocycles. The molecule has 2 N–H and O–H groups in total. The summed E-state index contributed by atoms with van der Waals surface area (Å²) in [5, 5.41) is 2.66. The summed E-state index contributed by atoms with van der Waals surface area (Å²) in [6, 6.07) is 0. The van der Waals surface area contributed by atoms with Gasteiger partial charge in [0.1, 0.15) is 5.69 Å². The SMILES string of the molecule is CNC(=O)C1CCN(C(=O)c2[nH]c(C)c(C(C)=O)c2C)CC1. The fourth-order valence-corrected chi connectivity index (χ4v) is 3.20. The van der Waals surface area contributed by atoms with Gasteiger partial charge in [0.25, 0.3) is 5.91 Å². The van der Waals surface area contributed by atoms with Crippen LogP contribution in [0.15, 0.2) is 0 Å². The maximum atomic E-state index is 12.6. The average molecular weight is 305 g/mol. The summed E-state index contributed by atoms with van der Waals surface area (Å²) < 4.78 is 0. The van der Waals surface area contributed by atoms with Crippen molar-refractivity contribution in [1.29, 1.82) is 0 Å². The van der Waals surface area contributed by atoms with E-state index in [9.17, 15) is 14.4 Å². The number of nitrogens with zero attached hydrogens (tertiary/aromatic N) is 1. The van der Waals surface area contributed by atoms with Gasteiger partial charge < -0.3 is 15.2 Å². The zero-order valence-corrected chi connectivity index (χ0v) is 13.6. The summed E-state index contributed by atoms with van der Waals surface area (Å²) in [6.07, 6.45) is 1.34. The molecule has 6 nitrogen and oxygen atoms in total. The van der Waals surface area contributed by atoms with E-state index in [-0.39, 0.29) is 23.5 Å². The fourth-order valence-electron chi connectivity index (χ4n) is 3.20. The van der Waals surface area contributed by atoms with Crippen molar-refractivity contribution < 1.29 is 14.4 Å². The van der Waals surface area contributed by atoms with Crippen LogP contribution >= 0.6 is 0 Å². The number of amides is 2. The Labute approximate surface area is 130 Å². The minimum Gasteiger partial charge on any atom is -0.359 e. The minimum atomic E-state index is -0.0940. The highest BCUT2D eigenvalue weighted by atomic mass is 16.2. The molecule has 1 aromatic heterocycles. The van der Waals surface area contributed by atoms with Gasteiger partial charge in [0, 0.05) is 37.3 Å². The Morgan fingerprint density at radius 3 is 2.23 bits per heavy atom. The molecule has 2 rings (SSSR count). The standard InChI is InChI=1S/C16H23N3O3/c1-9-13(11(3)20)10(2)18-14(9)16(22)19-7-5-12(6-8-19)15(21)17-4/h12,18H,5-8H2,1-4H3,(H,17,21). The second-order valence-electron chi connectivity index (χ2n) is 5.86. The molecule has 0 radical (unpaired) electrons. The van der Waals surface area contributed by atoms with Crippen LogP contribution in [-0.4, -0.2) is 47.6 Å². The summed E-state index contributed by atoms with van der Waals surface area (Å²) in [6.45, 7) is 6.23. The predicted molar refractivity (Wildman–Crippen MR) is 83.0 cm³/mol. The topological polar surface area (TPSA) is 82.3 Å². The van der Waals surface area contributed by atoms with Crippen molar-refractivity contribution in [3.63, 3.8) is 0 Å². The molecule has 1 aromatic rings. The molecule has 1 fully saturated rings. The predicted octanol–water partition coefficient (Wildman–Crippen LogP) is 1.43. The zero-order chi connectivity index (χ0) is 16.4. The first-order chi connectivity index (χ1) is 10.4. The molecule has 0 atom stereocenters. The van der Waals surface area contributed by atoms with Gasteiger partial charge in [-0.1, -0.05) is 0 Å². The molecule has 120 valence electrons. The summed E-state index contributed by atoms with van der Waals surface area (Å²) in [5.74, 6) is -0.113. The van der Waals surface area contributed by atoms with Crippen molar-refractivity contribution in [3.05, 3.63) is 22.5 Å². The van der Waals surface area contributed by atoms with Crippen LogP contribution in [0.4, 0.5) is 0 Å². The number of nitrogens with one attached hydrogen (secondary N) is 2. The largest absolute Gasteiger partial charge is 0.359 e. The first-order valence-electron chi connectivity index (χ1n) is 7.57. The fraction of sp³-hybridized carbons (Fsp3) is 0.562. The number of hydrogen-bond donors (Lipinski definition) is 2. The van der Waals surface area contributed by atoms with Crippen molar-refractivity contribution in [2.24, 2.45) is 5.92 Å². The Bertz CT molecular complexity index is 610. The maximum Gasteiger partial charge on any atom is 0.270 e. The molecule has 22 heavy (non-hydrogen) atoms. The van der Waals surface area contributed by atoms with Crippen molar-refractivity contribution in [1.82, 2.24) is 15.2 Å². The minimum absolute atomic E-state index is 0.0201. The highest BCUT2D eigenvalue weighted by molar-refractivity contribution is 6.02. The number of aromatic amines is 1. The van der Waals surface area contributed by atoms with E-state index in [2.05, 4.69) is 10.3 Å². The van der Waals surface area contributed by atoms with E-state index in [1.165, 1.54) is 6.92 Å². The lowest BCUT2D eigenvalue weighted by atomic mass is 9.95. The van der Waals surface area contributed by atoms with Gasteiger partial charge in [0.15, 0.2) is 5.78 Å². The van der Waals surface area contributed by atoms with Crippen LogP contribution in [0.2, 0.25) is 0 Å². The van der Waals surface area contributed by atoms with E-state index in [0.29, 0.717) is 42.8 Å². The van der Waals surface area contributed by atoms with Crippen LogP contribution in [-0.2, 0) is 4.79 Å². The zero-order valence-electron chi connectivity index (χ0n) is 13.6. The first-order valence-corrected chi connectivity index (χ1v) is 7.57. The van der Waals surface area contributed by atoms with E-state index >= 15 is 0 Å². The number of hydrogen-bond acceptors (Lipinski definition) is 3. The first kappa shape index (κ1) is 16.3. The highest BCUT2D eigenvalue weighted by Gasteiger charge is 2.29. The van der Waals surface area contributed by atoms with E-state index < -0.39 is 0 Å². The smallest absolute Gasteiger partial charge is 0.270 e. The van der Waals surface area contributed by atoms with Gasteiger partial charge in [-0.05, 0) is 39.2 Å². The second kappa shape index (κ2) is 6.34. The number of likely N-dealkylation sites (tertiary alicyclic amines) is 1. The number of aryl methyl sites for hydroxylation is 1. The molecule has 1 aliphatic heterocycles. The van der Waals surface area contributed by atoms with E-state index in [1.807, 2.05) is 0 Å².